The first-order chi connectivity index (χ1) is 11.7. The Hall–Kier alpha value is -0.410. The van der Waals surface area contributed by atoms with E-state index in [0.29, 0.717) is 17.4 Å². The summed E-state index contributed by atoms with van der Waals surface area (Å²) in [4.78, 5) is 12.0. The Morgan fingerprint density at radius 2 is 1.76 bits per heavy atom. The number of ether oxygens (including phenoxy) is 2. The van der Waals surface area contributed by atoms with E-state index in [1.54, 1.807) is 0 Å². The van der Waals surface area contributed by atoms with Crippen molar-refractivity contribution in [3.05, 3.63) is 0 Å². The maximum absolute atomic E-state index is 12.0. The summed E-state index contributed by atoms with van der Waals surface area (Å²) in [5.41, 5.74) is -0.209. The summed E-state index contributed by atoms with van der Waals surface area (Å²) in [6.07, 6.45) is 9.65. The van der Waals surface area contributed by atoms with Gasteiger partial charge in [-0.25, -0.2) is 0 Å². The minimum Gasteiger partial charge on any atom is -0.372 e. The van der Waals surface area contributed by atoms with Gasteiger partial charge in [-0.05, 0) is 88.9 Å². The maximum Gasteiger partial charge on any atom is 0.152 e. The van der Waals surface area contributed by atoms with E-state index in [4.69, 9.17) is 9.47 Å². The van der Waals surface area contributed by atoms with Gasteiger partial charge in [0.25, 0.3) is 0 Å². The minimum atomic E-state index is -0.498. The summed E-state index contributed by atoms with van der Waals surface area (Å²) in [5, 5.41) is 0. The molecule has 0 aromatic rings. The first kappa shape index (κ1) is 18.0. The average Bonchev–Trinajstić information content (AvgIpc) is 3.04. The average molecular weight is 349 g/mol. The van der Waals surface area contributed by atoms with E-state index in [0.717, 1.165) is 44.0 Å². The van der Waals surface area contributed by atoms with Crippen LogP contribution >= 0.6 is 0 Å². The Morgan fingerprint density at radius 1 is 1.00 bits per heavy atom. The molecule has 0 N–H and O–H groups in total. The Balaban J connectivity index is 1.61. The predicted octanol–water partition coefficient (Wildman–Crippen LogP) is 4.77. The molecule has 142 valence electrons. The fraction of sp³-hybridized carbons (Fsp3) is 0.955. The summed E-state index contributed by atoms with van der Waals surface area (Å²) < 4.78 is 12.6. The molecule has 25 heavy (non-hydrogen) atoms. The predicted molar refractivity (Wildman–Crippen MR) is 98.4 cm³/mol. The van der Waals surface area contributed by atoms with E-state index >= 15 is 0 Å². The first-order valence-electron chi connectivity index (χ1n) is 10.4. The van der Waals surface area contributed by atoms with Crippen molar-refractivity contribution < 1.29 is 14.3 Å². The number of carbonyl (C=O) groups is 1. The van der Waals surface area contributed by atoms with E-state index < -0.39 is 5.60 Å². The summed E-state index contributed by atoms with van der Waals surface area (Å²) in [7, 11) is 0. The molecular weight excluding hydrogens is 312 g/mol. The molecule has 0 radical (unpaired) electrons. The van der Waals surface area contributed by atoms with Crippen LogP contribution in [0, 0.1) is 28.6 Å². The Kier molecular flexibility index (Phi) is 3.99. The van der Waals surface area contributed by atoms with Crippen LogP contribution in [-0.2, 0) is 14.3 Å². The van der Waals surface area contributed by atoms with E-state index in [1.807, 2.05) is 0 Å². The van der Waals surface area contributed by atoms with Crippen LogP contribution in [0.4, 0.5) is 0 Å². The SMILES string of the molecule is CC(C)(C)O[C@H]1CC[C@H]2[C@@H]3CC[C@]4(C=O)OCC[C@]4(C)[C@H]3CC[C@]12C. The molecule has 3 nitrogen and oxygen atoms in total. The first-order valence-corrected chi connectivity index (χ1v) is 10.4. The molecule has 0 bridgehead atoms. The van der Waals surface area contributed by atoms with Crippen molar-refractivity contribution in [2.45, 2.75) is 96.9 Å². The molecule has 4 aliphatic rings. The second kappa shape index (κ2) is 5.55. The highest BCUT2D eigenvalue weighted by Crippen LogP contribution is 2.67. The molecule has 1 heterocycles. The smallest absolute Gasteiger partial charge is 0.152 e. The Labute approximate surface area is 153 Å². The van der Waals surface area contributed by atoms with E-state index in [1.165, 1.54) is 25.7 Å². The van der Waals surface area contributed by atoms with Crippen molar-refractivity contribution in [2.24, 2.45) is 28.6 Å². The molecule has 0 aromatic heterocycles. The zero-order chi connectivity index (χ0) is 18.1. The molecule has 0 amide bonds. The second-order valence-corrected chi connectivity index (χ2v) is 10.8. The third-order valence-electron chi connectivity index (χ3n) is 8.65. The van der Waals surface area contributed by atoms with Crippen LogP contribution in [0.3, 0.4) is 0 Å². The Bertz CT molecular complexity index is 552. The standard InChI is InChI=1S/C22H36O3/c1-19(2,3)25-18-7-6-16-15-8-11-22(14-23)21(5,12-13-24-22)17(15)9-10-20(16,18)4/h14-18H,6-13H2,1-5H3/t15-,16-,17-,18-,20-,21+,22+/m0/s1. The van der Waals surface area contributed by atoms with Crippen LogP contribution in [-0.4, -0.2) is 30.2 Å². The summed E-state index contributed by atoms with van der Waals surface area (Å²) in [6, 6.07) is 0. The lowest BCUT2D eigenvalue weighted by molar-refractivity contribution is -0.178. The van der Waals surface area contributed by atoms with Crippen LogP contribution in [0.25, 0.3) is 0 Å². The normalized spacial score (nSPS) is 52.4. The summed E-state index contributed by atoms with van der Waals surface area (Å²) in [5.74, 6) is 2.13. The molecular formula is C22H36O3. The fourth-order valence-corrected chi connectivity index (χ4v) is 7.34. The monoisotopic (exact) mass is 348 g/mol. The molecule has 0 unspecified atom stereocenters. The number of hydrogen-bond acceptors (Lipinski definition) is 3. The molecule has 4 fully saturated rings. The van der Waals surface area contributed by atoms with Crippen LogP contribution in [0.15, 0.2) is 0 Å². The molecule has 4 rings (SSSR count). The zero-order valence-corrected chi connectivity index (χ0v) is 16.8. The molecule has 1 aliphatic heterocycles. The quantitative estimate of drug-likeness (QED) is 0.674. The molecule has 3 heteroatoms. The van der Waals surface area contributed by atoms with Gasteiger partial charge in [0.1, 0.15) is 5.60 Å². The summed E-state index contributed by atoms with van der Waals surface area (Å²) >= 11 is 0. The lowest BCUT2D eigenvalue weighted by Gasteiger charge is -2.59. The van der Waals surface area contributed by atoms with Crippen molar-refractivity contribution in [1.82, 2.24) is 0 Å². The van der Waals surface area contributed by atoms with Crippen LogP contribution in [0.1, 0.15) is 79.6 Å². The van der Waals surface area contributed by atoms with Gasteiger partial charge in [-0.1, -0.05) is 13.8 Å². The molecule has 3 saturated carbocycles. The van der Waals surface area contributed by atoms with Crippen molar-refractivity contribution in [1.29, 1.82) is 0 Å². The van der Waals surface area contributed by atoms with Crippen LogP contribution in [0.2, 0.25) is 0 Å². The highest BCUT2D eigenvalue weighted by atomic mass is 16.5. The third kappa shape index (κ3) is 2.41. The van der Waals surface area contributed by atoms with Gasteiger partial charge in [0.2, 0.25) is 0 Å². The number of rotatable bonds is 2. The van der Waals surface area contributed by atoms with Gasteiger partial charge in [-0.15, -0.1) is 0 Å². The molecule has 0 aromatic carbocycles. The molecule has 7 atom stereocenters. The topological polar surface area (TPSA) is 35.5 Å². The molecule has 1 saturated heterocycles. The van der Waals surface area contributed by atoms with Crippen molar-refractivity contribution in [3.63, 3.8) is 0 Å². The van der Waals surface area contributed by atoms with Gasteiger partial charge < -0.3 is 14.3 Å². The largest absolute Gasteiger partial charge is 0.372 e. The zero-order valence-electron chi connectivity index (χ0n) is 16.8. The molecule has 3 aliphatic carbocycles. The number of carbonyl (C=O) groups excluding carboxylic acids is 1. The van der Waals surface area contributed by atoms with Gasteiger partial charge >= 0.3 is 0 Å². The highest BCUT2D eigenvalue weighted by Gasteiger charge is 2.66. The van der Waals surface area contributed by atoms with Gasteiger partial charge in [-0.2, -0.15) is 0 Å². The number of aldehydes is 1. The van der Waals surface area contributed by atoms with Crippen LogP contribution < -0.4 is 0 Å². The van der Waals surface area contributed by atoms with Gasteiger partial charge in [0, 0.05) is 12.0 Å². The Morgan fingerprint density at radius 3 is 2.44 bits per heavy atom. The number of hydrogen-bond donors (Lipinski definition) is 0. The minimum absolute atomic E-state index is 0.0436. The fourth-order valence-electron chi connectivity index (χ4n) is 7.34. The number of fused-ring (bicyclic) bond motifs is 5. The second-order valence-electron chi connectivity index (χ2n) is 10.8. The highest BCUT2D eigenvalue weighted by molar-refractivity contribution is 5.65. The van der Waals surface area contributed by atoms with E-state index in [9.17, 15) is 4.79 Å². The third-order valence-corrected chi connectivity index (χ3v) is 8.65. The van der Waals surface area contributed by atoms with Crippen molar-refractivity contribution in [3.8, 4) is 0 Å². The van der Waals surface area contributed by atoms with E-state index in [-0.39, 0.29) is 11.0 Å². The summed E-state index contributed by atoms with van der Waals surface area (Å²) in [6.45, 7) is 12.2. The van der Waals surface area contributed by atoms with Crippen molar-refractivity contribution in [2.75, 3.05) is 6.61 Å². The molecule has 0 spiro atoms. The maximum atomic E-state index is 12.0. The van der Waals surface area contributed by atoms with Crippen molar-refractivity contribution >= 4 is 6.29 Å². The lowest BCUT2D eigenvalue weighted by atomic mass is 9.46. The van der Waals surface area contributed by atoms with Gasteiger partial charge in [-0.3, -0.25) is 0 Å². The van der Waals surface area contributed by atoms with Gasteiger partial charge in [0.05, 0.1) is 11.7 Å². The van der Waals surface area contributed by atoms with E-state index in [2.05, 4.69) is 34.6 Å². The lowest BCUT2D eigenvalue weighted by Crippen LogP contribution is -2.59. The van der Waals surface area contributed by atoms with Crippen LogP contribution in [0.5, 0.6) is 0 Å². The van der Waals surface area contributed by atoms with Gasteiger partial charge in [0.15, 0.2) is 6.29 Å².